The van der Waals surface area contributed by atoms with E-state index in [1.165, 1.54) is 0 Å². The highest BCUT2D eigenvalue weighted by Gasteiger charge is 2.23. The summed E-state index contributed by atoms with van der Waals surface area (Å²) in [5, 5.41) is 9.60. The molecule has 4 heteroatoms. The summed E-state index contributed by atoms with van der Waals surface area (Å²) in [5.41, 5.74) is 2.04. The van der Waals surface area contributed by atoms with Crippen molar-refractivity contribution >= 4 is 15.9 Å². The molecule has 0 aliphatic heterocycles. The average molecular weight is 333 g/mol. The lowest BCUT2D eigenvalue weighted by Crippen LogP contribution is -2.18. The molecule has 1 aromatic heterocycles. The van der Waals surface area contributed by atoms with Gasteiger partial charge in [-0.05, 0) is 37.8 Å². The van der Waals surface area contributed by atoms with Gasteiger partial charge in [-0.15, -0.1) is 0 Å². The zero-order chi connectivity index (χ0) is 13.9. The van der Waals surface area contributed by atoms with E-state index in [-0.39, 0.29) is 6.10 Å². The van der Waals surface area contributed by atoms with E-state index in [4.69, 9.17) is 4.98 Å². The van der Waals surface area contributed by atoms with Crippen LogP contribution in [0.3, 0.4) is 0 Å². The van der Waals surface area contributed by atoms with Gasteiger partial charge in [0.1, 0.15) is 5.82 Å². The van der Waals surface area contributed by atoms with Crippen LogP contribution in [0.25, 0.3) is 11.3 Å². The lowest BCUT2D eigenvalue weighted by Gasteiger charge is -2.24. The number of hydrogen-bond acceptors (Lipinski definition) is 3. The zero-order valence-corrected chi connectivity index (χ0v) is 12.8. The first-order valence-electron chi connectivity index (χ1n) is 7.00. The maximum atomic E-state index is 9.60. The van der Waals surface area contributed by atoms with Crippen LogP contribution in [0.2, 0.25) is 0 Å². The van der Waals surface area contributed by atoms with E-state index in [9.17, 15) is 5.11 Å². The molecule has 1 heterocycles. The van der Waals surface area contributed by atoms with Crippen molar-refractivity contribution in [3.8, 4) is 11.3 Å². The summed E-state index contributed by atoms with van der Waals surface area (Å²) in [6, 6.07) is 10.0. The van der Waals surface area contributed by atoms with Gasteiger partial charge in [-0.2, -0.15) is 0 Å². The number of rotatable bonds is 2. The minimum atomic E-state index is -0.141. The van der Waals surface area contributed by atoms with Gasteiger partial charge in [-0.25, -0.2) is 9.97 Å². The lowest BCUT2D eigenvalue weighted by atomic mass is 9.87. The van der Waals surface area contributed by atoms with Crippen LogP contribution in [-0.4, -0.2) is 21.2 Å². The van der Waals surface area contributed by atoms with Crippen LogP contribution >= 0.6 is 15.9 Å². The Labute approximate surface area is 127 Å². The number of aliphatic hydroxyl groups is 1. The van der Waals surface area contributed by atoms with Gasteiger partial charge in [0.25, 0.3) is 0 Å². The SMILES string of the molecule is OC1CCC(c2nccc(-c3ccccc3Br)n2)CC1. The molecule has 1 aliphatic carbocycles. The molecule has 1 fully saturated rings. The molecule has 0 bridgehead atoms. The van der Waals surface area contributed by atoms with Crippen LogP contribution in [0.1, 0.15) is 37.4 Å². The predicted molar refractivity (Wildman–Crippen MR) is 82.4 cm³/mol. The number of nitrogens with zero attached hydrogens (tertiary/aromatic N) is 2. The summed E-state index contributed by atoms with van der Waals surface area (Å²) in [6.07, 6.45) is 5.35. The molecule has 0 amide bonds. The fourth-order valence-corrected chi connectivity index (χ4v) is 3.21. The van der Waals surface area contributed by atoms with E-state index in [0.29, 0.717) is 5.92 Å². The van der Waals surface area contributed by atoms with E-state index < -0.39 is 0 Å². The molecular formula is C16H17BrN2O. The number of hydrogen-bond donors (Lipinski definition) is 1. The molecule has 0 unspecified atom stereocenters. The van der Waals surface area contributed by atoms with Crippen molar-refractivity contribution in [2.75, 3.05) is 0 Å². The number of benzene rings is 1. The van der Waals surface area contributed by atoms with Crippen molar-refractivity contribution in [3.63, 3.8) is 0 Å². The Morgan fingerprint density at radius 1 is 1.05 bits per heavy atom. The lowest BCUT2D eigenvalue weighted by molar-refractivity contribution is 0.121. The van der Waals surface area contributed by atoms with Crippen molar-refractivity contribution < 1.29 is 5.11 Å². The standard InChI is InChI=1S/C16H17BrN2O/c17-14-4-2-1-3-13(14)15-9-10-18-16(19-15)11-5-7-12(20)8-6-11/h1-4,9-12,20H,5-8H2. The Kier molecular flexibility index (Phi) is 4.13. The van der Waals surface area contributed by atoms with E-state index >= 15 is 0 Å². The Balaban J connectivity index is 1.88. The van der Waals surface area contributed by atoms with Crippen molar-refractivity contribution in [1.29, 1.82) is 0 Å². The van der Waals surface area contributed by atoms with E-state index in [1.54, 1.807) is 0 Å². The molecule has 1 aromatic carbocycles. The second kappa shape index (κ2) is 6.02. The molecule has 1 saturated carbocycles. The minimum Gasteiger partial charge on any atom is -0.393 e. The van der Waals surface area contributed by atoms with Gasteiger partial charge in [0.05, 0.1) is 11.8 Å². The second-order valence-corrected chi connectivity index (χ2v) is 6.14. The monoisotopic (exact) mass is 332 g/mol. The maximum Gasteiger partial charge on any atom is 0.132 e. The van der Waals surface area contributed by atoms with Crippen LogP contribution in [0.4, 0.5) is 0 Å². The topological polar surface area (TPSA) is 46.0 Å². The quantitative estimate of drug-likeness (QED) is 0.906. The highest BCUT2D eigenvalue weighted by Crippen LogP contribution is 2.32. The van der Waals surface area contributed by atoms with Crippen LogP contribution in [0.15, 0.2) is 41.0 Å². The van der Waals surface area contributed by atoms with Crippen LogP contribution < -0.4 is 0 Å². The third kappa shape index (κ3) is 2.91. The summed E-state index contributed by atoms with van der Waals surface area (Å²) < 4.78 is 1.05. The molecule has 0 spiro atoms. The average Bonchev–Trinajstić information content (AvgIpc) is 2.49. The molecule has 2 aromatic rings. The molecule has 3 nitrogen and oxygen atoms in total. The first kappa shape index (κ1) is 13.7. The van der Waals surface area contributed by atoms with Crippen molar-refractivity contribution in [3.05, 3.63) is 46.8 Å². The van der Waals surface area contributed by atoms with Crippen LogP contribution in [0.5, 0.6) is 0 Å². The minimum absolute atomic E-state index is 0.141. The van der Waals surface area contributed by atoms with Gasteiger partial charge in [-0.1, -0.05) is 34.1 Å². The Morgan fingerprint density at radius 2 is 1.80 bits per heavy atom. The van der Waals surface area contributed by atoms with Gasteiger partial charge in [0, 0.05) is 22.2 Å². The molecule has 1 N–H and O–H groups in total. The van der Waals surface area contributed by atoms with Crippen molar-refractivity contribution in [2.45, 2.75) is 37.7 Å². The predicted octanol–water partition coefficient (Wildman–Crippen LogP) is 3.92. The number of aliphatic hydroxyl groups excluding tert-OH is 1. The normalized spacial score (nSPS) is 22.7. The third-order valence-corrected chi connectivity index (χ3v) is 4.58. The molecule has 3 rings (SSSR count). The molecule has 20 heavy (non-hydrogen) atoms. The van der Waals surface area contributed by atoms with Gasteiger partial charge < -0.3 is 5.11 Å². The number of halogens is 1. The van der Waals surface area contributed by atoms with Crippen molar-refractivity contribution in [2.24, 2.45) is 0 Å². The van der Waals surface area contributed by atoms with Gasteiger partial charge in [0.15, 0.2) is 0 Å². The zero-order valence-electron chi connectivity index (χ0n) is 11.2. The molecule has 0 saturated heterocycles. The van der Waals surface area contributed by atoms with Gasteiger partial charge in [-0.3, -0.25) is 0 Å². The molecule has 1 aliphatic rings. The van der Waals surface area contributed by atoms with Gasteiger partial charge in [0.2, 0.25) is 0 Å². The third-order valence-electron chi connectivity index (χ3n) is 3.89. The fourth-order valence-electron chi connectivity index (χ4n) is 2.72. The Bertz CT molecular complexity index is 595. The summed E-state index contributed by atoms with van der Waals surface area (Å²) in [7, 11) is 0. The largest absolute Gasteiger partial charge is 0.393 e. The number of aromatic nitrogens is 2. The highest BCUT2D eigenvalue weighted by atomic mass is 79.9. The smallest absolute Gasteiger partial charge is 0.132 e. The van der Waals surface area contributed by atoms with E-state index in [1.807, 2.05) is 30.5 Å². The highest BCUT2D eigenvalue weighted by molar-refractivity contribution is 9.10. The summed E-state index contributed by atoms with van der Waals surface area (Å²) in [5.74, 6) is 1.28. The molecule has 104 valence electrons. The van der Waals surface area contributed by atoms with Crippen LogP contribution in [-0.2, 0) is 0 Å². The summed E-state index contributed by atoms with van der Waals surface area (Å²) in [6.45, 7) is 0. The second-order valence-electron chi connectivity index (χ2n) is 5.29. The first-order chi connectivity index (χ1) is 9.74. The first-order valence-corrected chi connectivity index (χ1v) is 7.79. The van der Waals surface area contributed by atoms with Crippen LogP contribution in [0, 0.1) is 0 Å². The Hall–Kier alpha value is -1.26. The van der Waals surface area contributed by atoms with E-state index in [0.717, 1.165) is 47.2 Å². The Morgan fingerprint density at radius 3 is 2.55 bits per heavy atom. The van der Waals surface area contributed by atoms with Crippen molar-refractivity contribution in [1.82, 2.24) is 9.97 Å². The van der Waals surface area contributed by atoms with Gasteiger partial charge >= 0.3 is 0 Å². The fraction of sp³-hybridized carbons (Fsp3) is 0.375. The van der Waals surface area contributed by atoms with E-state index in [2.05, 4.69) is 27.0 Å². The maximum absolute atomic E-state index is 9.60. The molecule has 0 radical (unpaired) electrons. The summed E-state index contributed by atoms with van der Waals surface area (Å²) in [4.78, 5) is 9.17. The molecule has 0 atom stereocenters. The summed E-state index contributed by atoms with van der Waals surface area (Å²) >= 11 is 3.57. The molecular weight excluding hydrogens is 316 g/mol.